The van der Waals surface area contributed by atoms with Gasteiger partial charge in [0.25, 0.3) is 0 Å². The summed E-state index contributed by atoms with van der Waals surface area (Å²) in [6, 6.07) is 0. The zero-order valence-corrected chi connectivity index (χ0v) is 49.3. The van der Waals surface area contributed by atoms with Crippen LogP contribution >= 0.6 is 0 Å². The summed E-state index contributed by atoms with van der Waals surface area (Å²) in [5.41, 5.74) is -1.94. The van der Waals surface area contributed by atoms with E-state index in [1.807, 2.05) is 0 Å². The molecule has 0 radical (unpaired) electrons. The summed E-state index contributed by atoms with van der Waals surface area (Å²) < 4.78 is 72.6. The van der Waals surface area contributed by atoms with E-state index in [0.717, 1.165) is 0 Å². The number of ether oxygens (including phenoxy) is 12. The Morgan fingerprint density at radius 2 is 0.818 bits per heavy atom. The minimum atomic E-state index is -2.07. The number of aliphatic hydroxyl groups excluding tert-OH is 19. The average molecular weight is 1280 g/mol. The smallest absolute Gasteiger partial charge is 0.314 e. The van der Waals surface area contributed by atoms with Gasteiger partial charge in [0.2, 0.25) is 6.29 Å². The van der Waals surface area contributed by atoms with Gasteiger partial charge in [0.1, 0.15) is 134 Å². The van der Waals surface area contributed by atoms with Crippen LogP contribution in [0.1, 0.15) is 79.1 Å². The lowest BCUT2D eigenvalue weighted by Crippen LogP contribution is -2.67. The summed E-state index contributed by atoms with van der Waals surface area (Å²) in [7, 11) is 0. The minimum absolute atomic E-state index is 0.191. The van der Waals surface area contributed by atoms with E-state index in [9.17, 15) is 97.0 Å². The van der Waals surface area contributed by atoms with Crippen molar-refractivity contribution in [2.24, 2.45) is 28.1 Å². The van der Waals surface area contributed by atoms with Crippen LogP contribution in [-0.2, 0) is 61.6 Å². The molecule has 36 atom stereocenters. The molecule has 6 aliphatic heterocycles. The number of carbonyl (C=O) groups excluding carboxylic acids is 1. The molecular weight excluding hydrogens is 1180 g/mol. The van der Waals surface area contributed by atoms with Crippen LogP contribution in [0, 0.1) is 28.1 Å². The van der Waals surface area contributed by atoms with Gasteiger partial charge in [-0.15, -0.1) is 0 Å². The molecule has 9 rings (SSSR count). The molecule has 508 valence electrons. The zero-order valence-electron chi connectivity index (χ0n) is 49.3. The number of fused-ring (bicyclic) bond motifs is 3. The molecule has 19 N–H and O–H groups in total. The minimum Gasteiger partial charge on any atom is -0.432 e. The van der Waals surface area contributed by atoms with E-state index in [4.69, 9.17) is 56.8 Å². The third-order valence-corrected chi connectivity index (χ3v) is 20.5. The molecule has 3 saturated carbocycles. The van der Waals surface area contributed by atoms with Crippen molar-refractivity contribution in [1.82, 2.24) is 0 Å². The molecule has 32 nitrogen and oxygen atoms in total. The van der Waals surface area contributed by atoms with E-state index < -0.39 is 252 Å². The van der Waals surface area contributed by atoms with Gasteiger partial charge in [-0.1, -0.05) is 26.8 Å². The van der Waals surface area contributed by atoms with Gasteiger partial charge < -0.3 is 154 Å². The Labute approximate surface area is 506 Å². The van der Waals surface area contributed by atoms with E-state index in [1.54, 1.807) is 6.92 Å². The van der Waals surface area contributed by atoms with Crippen molar-refractivity contribution in [2.75, 3.05) is 33.0 Å². The van der Waals surface area contributed by atoms with Crippen LogP contribution in [0.15, 0.2) is 12.2 Å². The number of hydrogen-bond acceptors (Lipinski definition) is 32. The first kappa shape index (κ1) is 70.3. The average Bonchev–Trinajstić information content (AvgIpc) is 1.04. The topological polar surface area (TPSA) is 512 Å². The van der Waals surface area contributed by atoms with Crippen molar-refractivity contribution in [2.45, 2.75) is 269 Å². The largest absolute Gasteiger partial charge is 0.432 e. The monoisotopic (exact) mass is 1280 g/mol. The summed E-state index contributed by atoms with van der Waals surface area (Å²) in [4.78, 5) is 15.4. The maximum absolute atomic E-state index is 15.4. The van der Waals surface area contributed by atoms with Crippen LogP contribution in [0.4, 0.5) is 0 Å². The Balaban J connectivity index is 0.982. The van der Waals surface area contributed by atoms with Crippen molar-refractivity contribution in [3.8, 4) is 0 Å². The fraction of sp³-hybridized carbons (Fsp3) is 0.946. The standard InChI is InChI=1S/C56H92O32/c1-19-13-54(3)12-9-28-55(4,27(54)8-7-21(19)78-51-45(86-47-39(72)35(68)29(62)20(2)77-47)43(33(66)25(17-60)82-51)84-48-40(73)36(69)30(63)22(14-57)79-48)10-6-11-56(28,5)53(76)88-52-46(87-50-42(75)38(71)32(65)24(16-59)81-50)44(34(67)26(18-61)83-52)85-49-41(74)37(70)31(64)23(15-58)80-49/h20-52,57-75H,1,6-18H2,2-5H3/t20-,21?,22+,23+,24+,25+,26+,27+,28-,29-,30+,31+,32+,33+,34?,35+,36-,37-,38-,39+,40+,41+,42+,43-,44-,45+,46+,47-,48-,49-,50-,51+,52-,54+,55-,56+/m0/s1. The molecule has 88 heavy (non-hydrogen) atoms. The predicted octanol–water partition coefficient (Wildman–Crippen LogP) is -8.19. The first-order valence-electron chi connectivity index (χ1n) is 30.2. The first-order valence-corrected chi connectivity index (χ1v) is 30.2. The molecule has 0 aromatic heterocycles. The highest BCUT2D eigenvalue weighted by Crippen LogP contribution is 2.68. The highest BCUT2D eigenvalue weighted by atomic mass is 16.8. The third-order valence-electron chi connectivity index (χ3n) is 20.5. The Hall–Kier alpha value is -1.99. The predicted molar refractivity (Wildman–Crippen MR) is 285 cm³/mol. The lowest BCUT2D eigenvalue weighted by Gasteiger charge is -2.62. The summed E-state index contributed by atoms with van der Waals surface area (Å²) in [6.45, 7) is 7.40. The maximum Gasteiger partial charge on any atom is 0.314 e. The molecule has 6 saturated heterocycles. The van der Waals surface area contributed by atoms with Gasteiger partial charge in [0.15, 0.2) is 37.6 Å². The summed E-state index contributed by atoms with van der Waals surface area (Å²) in [5, 5.41) is 204. The fourth-order valence-corrected chi connectivity index (χ4v) is 15.4. The Bertz CT molecular complexity index is 2310. The van der Waals surface area contributed by atoms with E-state index in [2.05, 4.69) is 20.4 Å². The van der Waals surface area contributed by atoms with Crippen LogP contribution in [0.2, 0.25) is 0 Å². The van der Waals surface area contributed by atoms with Crippen LogP contribution in [0.25, 0.3) is 0 Å². The molecule has 0 aromatic rings. The van der Waals surface area contributed by atoms with Gasteiger partial charge in [0.05, 0.1) is 50.7 Å². The second-order valence-corrected chi connectivity index (χ2v) is 26.1. The summed E-state index contributed by atoms with van der Waals surface area (Å²) in [5.74, 6) is -1.48. The normalized spacial score (nSPS) is 53.8. The SMILES string of the molecule is C=C1C[C@@]2(C)CC[C@H]3[C@@](C)(CCC[C@@]3(C)C(=O)O[C@@H]3O[C@H](CO)C(O)[C@H](O[C@@H]4O[C@H](CO)[C@@H](O)[C@H](O)[C@H]4O)[C@H]3O[C@@H]3O[C@H](CO)[C@@H](O)[C@H](O)[C@H]3O)[C@@H]2CCC1O[C@@H]1O[C@H](CO)[C@@H](O)[C@H](O[C@@H]2O[C@H](CO)[C@@H](O)[C@H](O)[C@H]2O)[C@H]1O[C@@H]1O[C@@H](C)[C@H](O)[C@@H](O)[C@H]1O. The van der Waals surface area contributed by atoms with Gasteiger partial charge in [-0.3, -0.25) is 4.79 Å². The van der Waals surface area contributed by atoms with Crippen LogP contribution in [0.3, 0.4) is 0 Å². The molecule has 6 heterocycles. The number of carbonyl (C=O) groups is 1. The Kier molecular flexibility index (Phi) is 22.5. The van der Waals surface area contributed by atoms with E-state index >= 15 is 4.79 Å². The number of esters is 1. The van der Waals surface area contributed by atoms with Crippen molar-refractivity contribution < 1.29 is 159 Å². The molecule has 2 unspecified atom stereocenters. The van der Waals surface area contributed by atoms with Gasteiger partial charge in [-0.05, 0) is 87.0 Å². The number of rotatable bonds is 17. The van der Waals surface area contributed by atoms with Gasteiger partial charge in [-0.25, -0.2) is 0 Å². The van der Waals surface area contributed by atoms with Gasteiger partial charge >= 0.3 is 5.97 Å². The number of aliphatic hydroxyl groups is 19. The Morgan fingerprint density at radius 3 is 1.27 bits per heavy atom. The fourth-order valence-electron chi connectivity index (χ4n) is 15.4. The van der Waals surface area contributed by atoms with Gasteiger partial charge in [-0.2, -0.15) is 0 Å². The van der Waals surface area contributed by atoms with Crippen molar-refractivity contribution >= 4 is 5.97 Å². The van der Waals surface area contributed by atoms with Crippen LogP contribution in [-0.4, -0.2) is 326 Å². The van der Waals surface area contributed by atoms with Gasteiger partial charge in [0, 0.05) is 0 Å². The molecule has 9 fully saturated rings. The molecule has 0 bridgehead atoms. The zero-order chi connectivity index (χ0) is 64.4. The third kappa shape index (κ3) is 13.1. The lowest BCUT2D eigenvalue weighted by atomic mass is 9.42. The first-order chi connectivity index (χ1) is 41.5. The highest BCUT2D eigenvalue weighted by Gasteiger charge is 2.65. The van der Waals surface area contributed by atoms with E-state index in [-0.39, 0.29) is 18.8 Å². The molecule has 9 aliphatic rings. The second kappa shape index (κ2) is 28.1. The van der Waals surface area contributed by atoms with Crippen molar-refractivity contribution in [3.05, 3.63) is 12.2 Å². The van der Waals surface area contributed by atoms with E-state index in [0.29, 0.717) is 44.1 Å². The summed E-state index contributed by atoms with van der Waals surface area (Å²) in [6.07, 6.45) is -51.6. The van der Waals surface area contributed by atoms with Crippen molar-refractivity contribution in [1.29, 1.82) is 0 Å². The molecule has 32 heteroatoms. The summed E-state index contributed by atoms with van der Waals surface area (Å²) >= 11 is 0. The Morgan fingerprint density at radius 1 is 0.432 bits per heavy atom. The molecule has 0 amide bonds. The molecule has 3 aliphatic carbocycles. The molecule has 0 spiro atoms. The lowest BCUT2D eigenvalue weighted by molar-refractivity contribution is -0.393. The maximum atomic E-state index is 15.4. The van der Waals surface area contributed by atoms with E-state index in [1.165, 1.54) is 6.92 Å². The molecular formula is C56H92O32. The quantitative estimate of drug-likeness (QED) is 0.0475. The van der Waals surface area contributed by atoms with Crippen molar-refractivity contribution in [3.63, 3.8) is 0 Å². The molecule has 0 aromatic carbocycles. The second-order valence-electron chi connectivity index (χ2n) is 26.1. The van der Waals surface area contributed by atoms with Crippen LogP contribution < -0.4 is 0 Å². The van der Waals surface area contributed by atoms with Crippen LogP contribution in [0.5, 0.6) is 0 Å². The number of hydrogen-bond donors (Lipinski definition) is 19. The highest BCUT2D eigenvalue weighted by molar-refractivity contribution is 5.77.